The van der Waals surface area contributed by atoms with Crippen molar-refractivity contribution < 1.29 is 14.6 Å². The van der Waals surface area contributed by atoms with Gasteiger partial charge in [0, 0.05) is 7.05 Å². The van der Waals surface area contributed by atoms with Gasteiger partial charge in [0.1, 0.15) is 0 Å². The summed E-state index contributed by atoms with van der Waals surface area (Å²) >= 11 is 0. The molecule has 0 aliphatic heterocycles. The number of hydroxylamine groups is 2. The number of allylic oxidation sites excluding steroid dienone is 5. The van der Waals surface area contributed by atoms with Crippen molar-refractivity contribution in [2.45, 2.75) is 25.5 Å². The maximum atomic E-state index is 12.3. The van der Waals surface area contributed by atoms with E-state index in [2.05, 4.69) is 11.9 Å². The van der Waals surface area contributed by atoms with Gasteiger partial charge in [0.2, 0.25) is 0 Å². The third-order valence-corrected chi connectivity index (χ3v) is 5.01. The molecular weight excluding hydrogens is 287 g/mol. The molecule has 0 heterocycles. The van der Waals surface area contributed by atoms with Crippen molar-refractivity contribution in [1.29, 1.82) is 0 Å². The molecule has 120 valence electrons. The molecule has 2 N–H and O–H groups in total. The molecule has 6 heteroatoms. The first-order valence-electron chi connectivity index (χ1n) is 6.90. The van der Waals surface area contributed by atoms with Crippen molar-refractivity contribution in [3.63, 3.8) is 0 Å². The lowest BCUT2D eigenvalue weighted by atomic mass is 10.1. The SMILES string of the molecule is C=C/C(=C\C=C/C)CCC(NCC(=O)N(C)O)P(C)(C)=O. The van der Waals surface area contributed by atoms with E-state index in [1.807, 2.05) is 25.2 Å². The highest BCUT2D eigenvalue weighted by molar-refractivity contribution is 7.63. The first kappa shape index (κ1) is 19.8. The minimum Gasteiger partial charge on any atom is -0.323 e. The Morgan fingerprint density at radius 1 is 1.48 bits per heavy atom. The fourth-order valence-electron chi connectivity index (χ4n) is 1.73. The van der Waals surface area contributed by atoms with Gasteiger partial charge < -0.3 is 4.57 Å². The van der Waals surface area contributed by atoms with Crippen LogP contribution in [0.3, 0.4) is 0 Å². The smallest absolute Gasteiger partial charge is 0.259 e. The summed E-state index contributed by atoms with van der Waals surface area (Å²) in [5.41, 5.74) is 1.05. The third kappa shape index (κ3) is 8.66. The number of hydrogen-bond donors (Lipinski definition) is 2. The number of carbonyl (C=O) groups is 1. The van der Waals surface area contributed by atoms with Gasteiger partial charge in [-0.05, 0) is 38.7 Å². The second-order valence-electron chi connectivity index (χ2n) is 5.26. The summed E-state index contributed by atoms with van der Waals surface area (Å²) in [6.07, 6.45) is 8.97. The molecule has 0 saturated heterocycles. The van der Waals surface area contributed by atoms with Crippen LogP contribution in [0, 0.1) is 0 Å². The number of amides is 1. The van der Waals surface area contributed by atoms with Crippen LogP contribution in [-0.4, -0.2) is 48.9 Å². The summed E-state index contributed by atoms with van der Waals surface area (Å²) in [6, 6.07) is 0. The quantitative estimate of drug-likeness (QED) is 0.297. The average molecular weight is 314 g/mol. The Morgan fingerprint density at radius 2 is 2.10 bits per heavy atom. The van der Waals surface area contributed by atoms with Gasteiger partial charge in [-0.25, -0.2) is 5.06 Å². The number of nitrogens with one attached hydrogen (secondary N) is 1. The van der Waals surface area contributed by atoms with Crippen LogP contribution in [0.4, 0.5) is 0 Å². The molecule has 1 amide bonds. The molecule has 0 aromatic carbocycles. The average Bonchev–Trinajstić information content (AvgIpc) is 2.39. The molecule has 0 bridgehead atoms. The van der Waals surface area contributed by atoms with E-state index in [-0.39, 0.29) is 12.3 Å². The Hall–Kier alpha value is -1.16. The van der Waals surface area contributed by atoms with Crippen LogP contribution < -0.4 is 5.32 Å². The van der Waals surface area contributed by atoms with Crippen molar-refractivity contribution in [1.82, 2.24) is 10.4 Å². The van der Waals surface area contributed by atoms with Crippen molar-refractivity contribution in [3.8, 4) is 0 Å². The molecule has 0 fully saturated rings. The molecule has 0 spiro atoms. The van der Waals surface area contributed by atoms with Gasteiger partial charge in [-0.1, -0.05) is 30.9 Å². The van der Waals surface area contributed by atoms with Crippen molar-refractivity contribution in [2.75, 3.05) is 26.9 Å². The van der Waals surface area contributed by atoms with E-state index in [9.17, 15) is 9.36 Å². The molecule has 1 unspecified atom stereocenters. The van der Waals surface area contributed by atoms with Gasteiger partial charge in [0.15, 0.2) is 0 Å². The predicted octanol–water partition coefficient (Wildman–Crippen LogP) is 2.84. The Labute approximate surface area is 127 Å². The Morgan fingerprint density at radius 3 is 2.52 bits per heavy atom. The summed E-state index contributed by atoms with van der Waals surface area (Å²) in [7, 11) is -1.13. The second kappa shape index (κ2) is 9.72. The first-order valence-corrected chi connectivity index (χ1v) is 9.57. The summed E-state index contributed by atoms with van der Waals surface area (Å²) in [5, 5.41) is 12.5. The summed E-state index contributed by atoms with van der Waals surface area (Å²) in [5.74, 6) is -0.725. The van der Waals surface area contributed by atoms with Crippen LogP contribution in [-0.2, 0) is 9.36 Å². The van der Waals surface area contributed by atoms with Gasteiger partial charge in [-0.2, -0.15) is 0 Å². The first-order chi connectivity index (χ1) is 9.72. The van der Waals surface area contributed by atoms with Gasteiger partial charge in [-0.3, -0.25) is 15.3 Å². The molecule has 0 radical (unpaired) electrons. The van der Waals surface area contributed by atoms with Gasteiger partial charge in [0.05, 0.1) is 19.5 Å². The normalized spacial score (nSPS) is 14.2. The van der Waals surface area contributed by atoms with E-state index >= 15 is 0 Å². The van der Waals surface area contributed by atoms with Crippen LogP contribution in [0.15, 0.2) is 36.5 Å². The van der Waals surface area contributed by atoms with Crippen LogP contribution in [0.5, 0.6) is 0 Å². The van der Waals surface area contributed by atoms with Crippen LogP contribution in [0.25, 0.3) is 0 Å². The lowest BCUT2D eigenvalue weighted by molar-refractivity contribution is -0.158. The zero-order valence-corrected chi connectivity index (χ0v) is 14.3. The molecule has 5 nitrogen and oxygen atoms in total. The number of rotatable bonds is 9. The minimum atomic E-state index is -2.40. The molecule has 0 rings (SSSR count). The summed E-state index contributed by atoms with van der Waals surface area (Å²) in [4.78, 5) is 11.4. The number of likely N-dealkylation sites (N-methyl/N-ethyl adjacent to an activating group) is 1. The van der Waals surface area contributed by atoms with E-state index in [1.54, 1.807) is 19.4 Å². The molecular formula is C15H27N2O3P. The monoisotopic (exact) mass is 314 g/mol. The van der Waals surface area contributed by atoms with Gasteiger partial charge in [-0.15, -0.1) is 0 Å². The Balaban J connectivity index is 4.69. The third-order valence-electron chi connectivity index (χ3n) is 3.07. The van der Waals surface area contributed by atoms with Crippen molar-refractivity contribution in [2.24, 2.45) is 0 Å². The van der Waals surface area contributed by atoms with Gasteiger partial charge in [0.25, 0.3) is 5.91 Å². The fourth-order valence-corrected chi connectivity index (χ4v) is 3.01. The van der Waals surface area contributed by atoms with Crippen LogP contribution in [0.2, 0.25) is 0 Å². The van der Waals surface area contributed by atoms with E-state index in [1.165, 1.54) is 7.05 Å². The minimum absolute atomic E-state index is 0.0364. The maximum Gasteiger partial charge on any atom is 0.259 e. The van der Waals surface area contributed by atoms with E-state index in [0.717, 1.165) is 12.0 Å². The summed E-state index contributed by atoms with van der Waals surface area (Å²) < 4.78 is 12.3. The fraction of sp³-hybridized carbons (Fsp3) is 0.533. The topological polar surface area (TPSA) is 69.6 Å². The van der Waals surface area contributed by atoms with E-state index < -0.39 is 13.0 Å². The predicted molar refractivity (Wildman–Crippen MR) is 88.1 cm³/mol. The van der Waals surface area contributed by atoms with Crippen LogP contribution >= 0.6 is 7.14 Å². The van der Waals surface area contributed by atoms with Crippen molar-refractivity contribution >= 4 is 13.0 Å². The second-order valence-corrected chi connectivity index (χ2v) is 8.75. The highest BCUT2D eigenvalue weighted by Gasteiger charge is 2.23. The highest BCUT2D eigenvalue weighted by atomic mass is 31.2. The molecule has 0 aromatic rings. The Bertz CT molecular complexity index is 450. The Kier molecular flexibility index (Phi) is 9.18. The van der Waals surface area contributed by atoms with Crippen molar-refractivity contribution in [3.05, 3.63) is 36.5 Å². The number of hydrogen-bond acceptors (Lipinski definition) is 4. The molecule has 0 aromatic heterocycles. The zero-order chi connectivity index (χ0) is 16.5. The van der Waals surface area contributed by atoms with E-state index in [4.69, 9.17) is 5.21 Å². The molecule has 0 aliphatic rings. The lowest BCUT2D eigenvalue weighted by Gasteiger charge is -2.23. The zero-order valence-electron chi connectivity index (χ0n) is 13.4. The molecule has 0 saturated carbocycles. The van der Waals surface area contributed by atoms with Gasteiger partial charge >= 0.3 is 0 Å². The van der Waals surface area contributed by atoms with E-state index in [0.29, 0.717) is 11.5 Å². The maximum absolute atomic E-state index is 12.3. The molecule has 0 aliphatic carbocycles. The molecule has 1 atom stereocenters. The highest BCUT2D eigenvalue weighted by Crippen LogP contribution is 2.43. The standard InChI is InChI=1S/C15H27N2O3P/c1-6-8-9-13(7-2)10-11-14(21(4,5)20)16-12-15(18)17(3)19/h6-9,14,16,19H,2,10-12H2,1,3-5H3/b8-6-,13-9+. The number of nitrogens with zero attached hydrogens (tertiary/aromatic N) is 1. The largest absolute Gasteiger partial charge is 0.323 e. The van der Waals surface area contributed by atoms with Crippen LogP contribution in [0.1, 0.15) is 19.8 Å². The summed E-state index contributed by atoms with van der Waals surface area (Å²) in [6.45, 7) is 9.06. The lowest BCUT2D eigenvalue weighted by Crippen LogP contribution is -2.38. The molecule has 21 heavy (non-hydrogen) atoms. The number of carbonyl (C=O) groups excluding carboxylic acids is 1.